The highest BCUT2D eigenvalue weighted by Crippen LogP contribution is 2.38. The lowest BCUT2D eigenvalue weighted by Crippen LogP contribution is -2.30. The Morgan fingerprint density at radius 3 is 2.74 bits per heavy atom. The average molecular weight is 407 g/mol. The summed E-state index contributed by atoms with van der Waals surface area (Å²) in [6, 6.07) is 7.48. The van der Waals surface area contributed by atoms with Gasteiger partial charge in [0.15, 0.2) is 0 Å². The number of halogens is 1. The molecule has 144 valence electrons. The molecule has 1 unspecified atom stereocenters. The highest BCUT2D eigenvalue weighted by Gasteiger charge is 2.26. The average Bonchev–Trinajstić information content (AvgIpc) is 3.03. The molecule has 1 atom stereocenters. The maximum atomic E-state index is 12.5. The number of fused-ring (bicyclic) bond motifs is 1. The topological polar surface area (TPSA) is 67.4 Å². The first-order chi connectivity index (χ1) is 13.0. The molecule has 2 N–H and O–H groups in total. The first kappa shape index (κ1) is 19.9. The van der Waals surface area contributed by atoms with Crippen LogP contribution in [0, 0.1) is 0 Å². The van der Waals surface area contributed by atoms with Gasteiger partial charge in [0, 0.05) is 15.9 Å². The summed E-state index contributed by atoms with van der Waals surface area (Å²) in [5.74, 6) is -0.584. The molecule has 0 fully saturated rings. The van der Waals surface area contributed by atoms with E-state index in [0.717, 1.165) is 36.8 Å². The van der Waals surface area contributed by atoms with Crippen LogP contribution in [0.1, 0.15) is 52.2 Å². The van der Waals surface area contributed by atoms with Gasteiger partial charge in [-0.3, -0.25) is 4.79 Å². The van der Waals surface area contributed by atoms with E-state index >= 15 is 0 Å². The lowest BCUT2D eigenvalue weighted by molar-refractivity contribution is -0.115. The van der Waals surface area contributed by atoms with E-state index in [-0.39, 0.29) is 24.5 Å². The predicted octanol–water partition coefficient (Wildman–Crippen LogP) is 4.36. The quantitative estimate of drug-likeness (QED) is 0.699. The molecule has 0 radical (unpaired) electrons. The second-order valence-corrected chi connectivity index (χ2v) is 8.09. The Balaban J connectivity index is 1.68. The minimum Gasteiger partial charge on any atom is -0.465 e. The number of carbonyl (C=O) groups excluding carboxylic acids is 2. The van der Waals surface area contributed by atoms with Crippen LogP contribution in [0.5, 0.6) is 0 Å². The largest absolute Gasteiger partial charge is 0.465 e. The Bertz CT molecular complexity index is 850. The second kappa shape index (κ2) is 8.87. The molecular formula is C20H23ClN2O3S. The van der Waals surface area contributed by atoms with Crippen molar-refractivity contribution < 1.29 is 14.3 Å². The smallest absolute Gasteiger partial charge is 0.341 e. The maximum absolute atomic E-state index is 12.5. The monoisotopic (exact) mass is 406 g/mol. The van der Waals surface area contributed by atoms with Crippen LogP contribution in [0.4, 0.5) is 5.00 Å². The van der Waals surface area contributed by atoms with Gasteiger partial charge in [-0.2, -0.15) is 0 Å². The third-order valence-corrected chi connectivity index (χ3v) is 6.31. The van der Waals surface area contributed by atoms with Gasteiger partial charge in [-0.05, 0) is 49.8 Å². The minimum absolute atomic E-state index is 0.0685. The molecule has 0 aliphatic heterocycles. The van der Waals surface area contributed by atoms with Gasteiger partial charge in [0.25, 0.3) is 0 Å². The number of hydrogen-bond donors (Lipinski definition) is 2. The normalized spacial score (nSPS) is 14.3. The van der Waals surface area contributed by atoms with Crippen molar-refractivity contribution in [1.82, 2.24) is 5.32 Å². The van der Waals surface area contributed by atoms with Crippen molar-refractivity contribution in [3.63, 3.8) is 0 Å². The van der Waals surface area contributed by atoms with Crippen molar-refractivity contribution in [2.45, 2.75) is 38.6 Å². The molecule has 2 aromatic rings. The molecule has 27 heavy (non-hydrogen) atoms. The Kier molecular flexibility index (Phi) is 6.52. The Labute approximate surface area is 168 Å². The Hall–Kier alpha value is -1.89. The van der Waals surface area contributed by atoms with Gasteiger partial charge in [-0.15, -0.1) is 11.3 Å². The fourth-order valence-corrected chi connectivity index (χ4v) is 4.92. The maximum Gasteiger partial charge on any atom is 0.341 e. The molecule has 1 aromatic heterocycles. The van der Waals surface area contributed by atoms with Gasteiger partial charge in [0.05, 0.1) is 19.2 Å². The SMILES string of the molecule is COC(=O)c1c(NC(=O)CNC(C)c2ccccc2Cl)sc2c1CCCC2. The fourth-order valence-electron chi connectivity index (χ4n) is 3.32. The molecule has 1 aliphatic rings. The van der Waals surface area contributed by atoms with Crippen molar-refractivity contribution in [3.05, 3.63) is 50.9 Å². The highest BCUT2D eigenvalue weighted by molar-refractivity contribution is 7.17. The van der Waals surface area contributed by atoms with Crippen molar-refractivity contribution in [2.24, 2.45) is 0 Å². The number of methoxy groups -OCH3 is 1. The van der Waals surface area contributed by atoms with Crippen molar-refractivity contribution in [2.75, 3.05) is 19.0 Å². The molecular weight excluding hydrogens is 384 g/mol. The van der Waals surface area contributed by atoms with Gasteiger partial charge in [-0.1, -0.05) is 29.8 Å². The van der Waals surface area contributed by atoms with Gasteiger partial charge >= 0.3 is 5.97 Å². The van der Waals surface area contributed by atoms with E-state index in [2.05, 4.69) is 10.6 Å². The molecule has 1 amide bonds. The van der Waals surface area contributed by atoms with Crippen LogP contribution >= 0.6 is 22.9 Å². The van der Waals surface area contributed by atoms with Crippen LogP contribution in [0.15, 0.2) is 24.3 Å². The van der Waals surface area contributed by atoms with Crippen LogP contribution < -0.4 is 10.6 Å². The third kappa shape index (κ3) is 4.51. The molecule has 7 heteroatoms. The summed E-state index contributed by atoms with van der Waals surface area (Å²) in [5, 5.41) is 7.32. The zero-order valence-corrected chi connectivity index (χ0v) is 17.0. The standard InChI is InChI=1S/C20H23ClN2O3S/c1-12(13-7-3-5-9-15(13)21)22-11-17(24)23-19-18(20(25)26-2)14-8-4-6-10-16(14)27-19/h3,5,7,9,12,22H,4,6,8,10-11H2,1-2H3,(H,23,24). The summed E-state index contributed by atoms with van der Waals surface area (Å²) < 4.78 is 4.94. The van der Waals surface area contributed by atoms with E-state index < -0.39 is 0 Å². The van der Waals surface area contributed by atoms with E-state index in [0.29, 0.717) is 15.6 Å². The number of ether oxygens (including phenoxy) is 1. The van der Waals surface area contributed by atoms with Gasteiger partial charge in [0.1, 0.15) is 5.00 Å². The van der Waals surface area contributed by atoms with E-state index in [1.54, 1.807) is 0 Å². The number of thiophene rings is 1. The molecule has 0 bridgehead atoms. The Morgan fingerprint density at radius 1 is 1.26 bits per heavy atom. The van der Waals surface area contributed by atoms with E-state index in [4.69, 9.17) is 16.3 Å². The zero-order valence-electron chi connectivity index (χ0n) is 15.4. The van der Waals surface area contributed by atoms with Crippen molar-refractivity contribution in [3.8, 4) is 0 Å². The summed E-state index contributed by atoms with van der Waals surface area (Å²) in [4.78, 5) is 25.9. The van der Waals surface area contributed by atoms with Gasteiger partial charge in [0.2, 0.25) is 5.91 Å². The molecule has 3 rings (SSSR count). The number of nitrogens with one attached hydrogen (secondary N) is 2. The predicted molar refractivity (Wildman–Crippen MR) is 109 cm³/mol. The number of hydrogen-bond acceptors (Lipinski definition) is 5. The first-order valence-electron chi connectivity index (χ1n) is 9.01. The molecule has 0 spiro atoms. The van der Waals surface area contributed by atoms with E-state index in [9.17, 15) is 9.59 Å². The first-order valence-corrected chi connectivity index (χ1v) is 10.2. The second-order valence-electron chi connectivity index (χ2n) is 6.58. The van der Waals surface area contributed by atoms with E-state index in [1.807, 2.05) is 31.2 Å². The van der Waals surface area contributed by atoms with Crippen LogP contribution in [-0.4, -0.2) is 25.5 Å². The summed E-state index contributed by atoms with van der Waals surface area (Å²) in [5.41, 5.74) is 2.49. The zero-order chi connectivity index (χ0) is 19.4. The van der Waals surface area contributed by atoms with Crippen molar-refractivity contribution in [1.29, 1.82) is 0 Å². The summed E-state index contributed by atoms with van der Waals surface area (Å²) >= 11 is 7.69. The summed E-state index contributed by atoms with van der Waals surface area (Å²) in [7, 11) is 1.37. The number of rotatable bonds is 6. The number of aryl methyl sites for hydroxylation is 1. The summed E-state index contributed by atoms with van der Waals surface area (Å²) in [6.07, 6.45) is 3.96. The molecule has 1 heterocycles. The lowest BCUT2D eigenvalue weighted by Gasteiger charge is -2.15. The third-order valence-electron chi connectivity index (χ3n) is 4.75. The number of esters is 1. The number of carbonyl (C=O) groups is 2. The van der Waals surface area contributed by atoms with E-state index in [1.165, 1.54) is 23.3 Å². The molecule has 0 saturated carbocycles. The number of benzene rings is 1. The fraction of sp³-hybridized carbons (Fsp3) is 0.400. The molecule has 1 aromatic carbocycles. The van der Waals surface area contributed by atoms with Crippen LogP contribution in [0.3, 0.4) is 0 Å². The van der Waals surface area contributed by atoms with Crippen molar-refractivity contribution >= 4 is 39.8 Å². The van der Waals surface area contributed by atoms with Crippen LogP contribution in [-0.2, 0) is 22.4 Å². The molecule has 5 nitrogen and oxygen atoms in total. The molecule has 1 aliphatic carbocycles. The highest BCUT2D eigenvalue weighted by atomic mass is 35.5. The minimum atomic E-state index is -0.387. The number of anilines is 1. The summed E-state index contributed by atoms with van der Waals surface area (Å²) in [6.45, 7) is 2.08. The lowest BCUT2D eigenvalue weighted by atomic mass is 9.95. The van der Waals surface area contributed by atoms with Gasteiger partial charge < -0.3 is 15.4 Å². The Morgan fingerprint density at radius 2 is 2.00 bits per heavy atom. The van der Waals surface area contributed by atoms with Crippen LogP contribution in [0.25, 0.3) is 0 Å². The molecule has 0 saturated heterocycles. The number of amides is 1. The van der Waals surface area contributed by atoms with Gasteiger partial charge in [-0.25, -0.2) is 4.79 Å². The van der Waals surface area contributed by atoms with Crippen LogP contribution in [0.2, 0.25) is 5.02 Å².